The van der Waals surface area contributed by atoms with E-state index >= 15 is 0 Å². The van der Waals surface area contributed by atoms with Gasteiger partial charge < -0.3 is 19.5 Å². The number of nitro groups is 1. The molecule has 2 aliphatic heterocycles. The van der Waals surface area contributed by atoms with E-state index in [0.29, 0.717) is 45.9 Å². The number of unbranched alkanes of at least 4 members (excludes halogenated alkanes) is 2. The second-order valence-electron chi connectivity index (χ2n) is 15.2. The molecule has 0 amide bonds. The van der Waals surface area contributed by atoms with Crippen molar-refractivity contribution in [2.75, 3.05) is 37.8 Å². The number of carboxylic acids is 1. The normalized spacial score (nSPS) is 16.7. The number of non-ortho nitro benzene ring substituents is 1. The van der Waals surface area contributed by atoms with Gasteiger partial charge in [0.15, 0.2) is 5.71 Å². The lowest BCUT2D eigenvalue weighted by molar-refractivity contribution is -0.438. The van der Waals surface area contributed by atoms with Crippen molar-refractivity contribution in [2.45, 2.75) is 82.6 Å². The van der Waals surface area contributed by atoms with Crippen LogP contribution in [-0.4, -0.2) is 72.2 Å². The number of carbonyl (C=O) groups is 1. The van der Waals surface area contributed by atoms with Crippen molar-refractivity contribution in [3.8, 4) is 0 Å². The van der Waals surface area contributed by atoms with Gasteiger partial charge in [0.05, 0.1) is 41.7 Å². The van der Waals surface area contributed by atoms with E-state index in [1.165, 1.54) is 35.4 Å². The molecule has 12 nitrogen and oxygen atoms in total. The molecule has 5 rings (SSSR count). The molecule has 298 valence electrons. The molecule has 3 aromatic carbocycles. The Morgan fingerprint density at radius 1 is 0.893 bits per heavy atom. The number of hydrogen-bond acceptors (Lipinski definition) is 8. The number of carboxylic acid groups (broad SMARTS) is 1. The average Bonchev–Trinajstić information content (AvgIpc) is 3.48. The van der Waals surface area contributed by atoms with Crippen LogP contribution in [0.5, 0.6) is 0 Å². The van der Waals surface area contributed by atoms with Gasteiger partial charge in [-0.25, -0.2) is 0 Å². The Morgan fingerprint density at radius 2 is 1.62 bits per heavy atom. The van der Waals surface area contributed by atoms with E-state index in [2.05, 4.69) is 54.5 Å². The number of allylic oxidation sites excluding steroid dienone is 6. The molecule has 0 aliphatic carbocycles. The van der Waals surface area contributed by atoms with Crippen LogP contribution in [-0.2, 0) is 41.8 Å². The molecular formula is C43H52N3O9S+. The number of aryl methyl sites for hydroxylation is 1. The molecule has 0 radical (unpaired) electrons. The van der Waals surface area contributed by atoms with Crippen LogP contribution in [0.15, 0.2) is 102 Å². The van der Waals surface area contributed by atoms with Crippen LogP contribution < -0.4 is 4.90 Å². The largest absolute Gasteiger partial charge is 0.481 e. The molecule has 0 aromatic heterocycles. The highest BCUT2D eigenvalue weighted by Gasteiger charge is 2.45. The molecule has 2 heterocycles. The summed E-state index contributed by atoms with van der Waals surface area (Å²) in [5.41, 5.74) is 7.37. The maximum absolute atomic E-state index is 12.0. The Bertz CT molecular complexity index is 2170. The predicted octanol–water partition coefficient (Wildman–Crippen LogP) is 8.20. The van der Waals surface area contributed by atoms with Crippen LogP contribution >= 0.6 is 0 Å². The smallest absolute Gasteiger partial charge is 0.303 e. The molecule has 0 atom stereocenters. The summed E-state index contributed by atoms with van der Waals surface area (Å²) in [5.74, 6) is -0.815. The van der Waals surface area contributed by atoms with Gasteiger partial charge in [-0.3, -0.25) is 19.5 Å². The van der Waals surface area contributed by atoms with Gasteiger partial charge >= 0.3 is 5.97 Å². The summed E-state index contributed by atoms with van der Waals surface area (Å²) in [4.78, 5) is 23.6. The van der Waals surface area contributed by atoms with Crippen molar-refractivity contribution in [1.82, 2.24) is 0 Å². The highest BCUT2D eigenvalue weighted by atomic mass is 32.2. The third-order valence-electron chi connectivity index (χ3n) is 10.5. The van der Waals surface area contributed by atoms with Crippen LogP contribution in [0.25, 0.3) is 0 Å². The first-order chi connectivity index (χ1) is 26.5. The quantitative estimate of drug-likeness (QED) is 0.0303. The monoisotopic (exact) mass is 786 g/mol. The van der Waals surface area contributed by atoms with Crippen LogP contribution in [0.4, 0.5) is 17.1 Å². The van der Waals surface area contributed by atoms with E-state index in [9.17, 15) is 27.9 Å². The SMILES string of the molecule is Cc1ccc2c(c1)C(C)(C)C(=CC=CC=CC1=[N+](CCCCCC(=O)O)c3ccc(S(=O)(=O)O)cc3C1(C)C)N2CCOCCOCc1ccc([N+](=O)[O-])cc1. The Kier molecular flexibility index (Phi) is 13.5. The van der Waals surface area contributed by atoms with Gasteiger partial charge in [0, 0.05) is 66.0 Å². The molecule has 0 spiro atoms. The van der Waals surface area contributed by atoms with Crippen molar-refractivity contribution < 1.29 is 41.8 Å². The minimum atomic E-state index is -4.39. The summed E-state index contributed by atoms with van der Waals surface area (Å²) >= 11 is 0. The second kappa shape index (κ2) is 17.9. The summed E-state index contributed by atoms with van der Waals surface area (Å²) in [6, 6.07) is 17.5. The summed E-state index contributed by atoms with van der Waals surface area (Å²) < 4.78 is 47.7. The van der Waals surface area contributed by atoms with Gasteiger partial charge in [0.1, 0.15) is 6.54 Å². The molecule has 3 aromatic rings. The van der Waals surface area contributed by atoms with Crippen molar-refractivity contribution in [2.24, 2.45) is 0 Å². The Morgan fingerprint density at radius 3 is 2.32 bits per heavy atom. The third kappa shape index (κ3) is 9.88. The highest BCUT2D eigenvalue weighted by Crippen LogP contribution is 2.48. The van der Waals surface area contributed by atoms with Gasteiger partial charge in [-0.1, -0.05) is 49.8 Å². The number of ether oxygens (including phenoxy) is 2. The van der Waals surface area contributed by atoms with Crippen LogP contribution in [0, 0.1) is 17.0 Å². The molecule has 0 bridgehead atoms. The molecule has 2 N–H and O–H groups in total. The van der Waals surface area contributed by atoms with Gasteiger partial charge in [0.25, 0.3) is 15.8 Å². The van der Waals surface area contributed by atoms with E-state index in [-0.39, 0.29) is 22.4 Å². The Hall–Kier alpha value is -4.95. The van der Waals surface area contributed by atoms with E-state index in [1.807, 2.05) is 38.2 Å². The number of nitrogens with zero attached hydrogens (tertiary/aromatic N) is 3. The number of benzene rings is 3. The first-order valence-corrected chi connectivity index (χ1v) is 20.3. The minimum Gasteiger partial charge on any atom is -0.481 e. The lowest BCUT2D eigenvalue weighted by Crippen LogP contribution is -2.29. The summed E-state index contributed by atoms with van der Waals surface area (Å²) in [6.07, 6.45) is 12.3. The zero-order valence-corrected chi connectivity index (χ0v) is 33.5. The predicted molar refractivity (Wildman–Crippen MR) is 217 cm³/mol. The topological polar surface area (TPSA) is 160 Å². The number of anilines is 1. The summed E-state index contributed by atoms with van der Waals surface area (Å²) in [7, 11) is -4.39. The molecule has 13 heteroatoms. The number of fused-ring (bicyclic) bond motifs is 2. The van der Waals surface area contributed by atoms with Crippen molar-refractivity contribution in [3.63, 3.8) is 0 Å². The number of hydrogen-bond donors (Lipinski definition) is 2. The van der Waals surface area contributed by atoms with Gasteiger partial charge in [-0.15, -0.1) is 0 Å². The van der Waals surface area contributed by atoms with Gasteiger partial charge in [-0.2, -0.15) is 13.0 Å². The maximum Gasteiger partial charge on any atom is 0.303 e. The fourth-order valence-electron chi connectivity index (χ4n) is 7.45. The fraction of sp³-hybridized carbons (Fsp3) is 0.395. The van der Waals surface area contributed by atoms with E-state index in [4.69, 9.17) is 14.6 Å². The fourth-order valence-corrected chi connectivity index (χ4v) is 7.95. The minimum absolute atomic E-state index is 0.0463. The first-order valence-electron chi connectivity index (χ1n) is 18.8. The number of nitro benzene ring substituents is 1. The lowest BCUT2D eigenvalue weighted by atomic mass is 9.81. The Balaban J connectivity index is 1.29. The van der Waals surface area contributed by atoms with E-state index in [1.54, 1.807) is 18.2 Å². The van der Waals surface area contributed by atoms with E-state index < -0.39 is 26.4 Å². The van der Waals surface area contributed by atoms with Crippen molar-refractivity contribution in [1.29, 1.82) is 0 Å². The standard InChI is InChI=1S/C43H51N3O9S/c1-31-15-21-37-35(28-31)42(2,3)40(45(37)24-25-54-26-27-55-30-32-16-18-33(19-17-32)46(49)50)13-9-6-8-12-39-43(4,5)36-29-34(56(51,52)53)20-22-38(36)44(39)23-11-7-10-14-41(47)48/h6,8-9,12-13,15-22,28-29H,7,10-11,14,23-27,30H2,1-5H3,(H-,47,48,51,52,53)/p+1. The summed E-state index contributed by atoms with van der Waals surface area (Å²) in [5, 5.41) is 19.9. The third-order valence-corrected chi connectivity index (χ3v) is 11.3. The van der Waals surface area contributed by atoms with Crippen LogP contribution in [0.2, 0.25) is 0 Å². The van der Waals surface area contributed by atoms with Crippen LogP contribution in [0.3, 0.4) is 0 Å². The van der Waals surface area contributed by atoms with Crippen LogP contribution in [0.1, 0.15) is 75.6 Å². The maximum atomic E-state index is 12.0. The van der Waals surface area contributed by atoms with Crippen molar-refractivity contribution in [3.05, 3.63) is 129 Å². The highest BCUT2D eigenvalue weighted by molar-refractivity contribution is 7.85. The Labute approximate surface area is 329 Å². The molecule has 0 fully saturated rings. The zero-order chi connectivity index (χ0) is 40.7. The molecule has 0 saturated carbocycles. The number of rotatable bonds is 19. The molecule has 0 saturated heterocycles. The molecule has 2 aliphatic rings. The van der Waals surface area contributed by atoms with Gasteiger partial charge in [0.2, 0.25) is 5.69 Å². The summed E-state index contributed by atoms with van der Waals surface area (Å²) in [6.45, 7) is 13.5. The van der Waals surface area contributed by atoms with Gasteiger partial charge in [-0.05, 0) is 81.1 Å². The zero-order valence-electron chi connectivity index (χ0n) is 32.7. The van der Waals surface area contributed by atoms with Crippen molar-refractivity contribution >= 4 is 38.9 Å². The van der Waals surface area contributed by atoms with E-state index in [0.717, 1.165) is 46.8 Å². The molecule has 56 heavy (non-hydrogen) atoms. The lowest BCUT2D eigenvalue weighted by Gasteiger charge is -2.27. The average molecular weight is 787 g/mol. The number of aliphatic carboxylic acids is 1. The molecule has 0 unspecified atom stereocenters. The second-order valence-corrected chi connectivity index (χ2v) is 16.6. The molecular weight excluding hydrogens is 735 g/mol. The first kappa shape index (κ1) is 42.2.